The number of nitrogens with zero attached hydrogens (tertiary/aromatic N) is 2. The van der Waals surface area contributed by atoms with Gasteiger partial charge in [0.05, 0.1) is 18.6 Å². The van der Waals surface area contributed by atoms with Crippen LogP contribution in [0.2, 0.25) is 0 Å². The zero-order chi connectivity index (χ0) is 23.7. The first kappa shape index (κ1) is 26.7. The molecule has 1 saturated heterocycles. The fourth-order valence-corrected chi connectivity index (χ4v) is 3.81. The largest absolute Gasteiger partial charge is 0.481 e. The van der Waals surface area contributed by atoms with Crippen LogP contribution in [0.25, 0.3) is 0 Å². The fourth-order valence-electron chi connectivity index (χ4n) is 3.17. The van der Waals surface area contributed by atoms with Crippen LogP contribution in [0.3, 0.4) is 0 Å². The summed E-state index contributed by atoms with van der Waals surface area (Å²) in [5.74, 6) is -0.371. The van der Waals surface area contributed by atoms with Crippen LogP contribution in [0.4, 0.5) is 0 Å². The number of carboxylic acid groups (broad SMARTS) is 1. The van der Waals surface area contributed by atoms with Crippen LogP contribution in [0.5, 0.6) is 5.88 Å². The summed E-state index contributed by atoms with van der Waals surface area (Å²) in [5.41, 5.74) is 1.20. The van der Waals surface area contributed by atoms with Crippen molar-refractivity contribution in [1.82, 2.24) is 15.2 Å². The third-order valence-corrected chi connectivity index (χ3v) is 5.75. The molecule has 1 fully saturated rings. The number of hydrogen-bond donors (Lipinski definition) is 2. The second-order valence-corrected chi connectivity index (χ2v) is 8.70. The number of carboxylic acids is 1. The number of aromatic nitrogens is 1. The van der Waals surface area contributed by atoms with Gasteiger partial charge in [0.2, 0.25) is 11.8 Å². The van der Waals surface area contributed by atoms with E-state index in [1.165, 1.54) is 36.6 Å². The summed E-state index contributed by atoms with van der Waals surface area (Å²) < 4.78 is 10.6. The maximum absolute atomic E-state index is 11.8. The van der Waals surface area contributed by atoms with Crippen molar-refractivity contribution < 1.29 is 29.0 Å². The minimum atomic E-state index is -1.03. The molecule has 0 aliphatic carbocycles. The molecule has 1 aromatic rings. The van der Waals surface area contributed by atoms with Crippen LogP contribution in [0.1, 0.15) is 37.7 Å². The molecular weight excluding hydrogens is 446 g/mol. The summed E-state index contributed by atoms with van der Waals surface area (Å²) in [6.45, 7) is 4.14. The lowest BCUT2D eigenvalue weighted by atomic mass is 10.1. The molecule has 0 unspecified atom stereocenters. The van der Waals surface area contributed by atoms with Crippen LogP contribution in [0.15, 0.2) is 30.5 Å². The molecule has 2 N–H and O–H groups in total. The Labute approximate surface area is 198 Å². The van der Waals surface area contributed by atoms with Gasteiger partial charge in [-0.05, 0) is 43.6 Å². The topological polar surface area (TPSA) is 118 Å². The Bertz CT molecular complexity index is 783. The van der Waals surface area contributed by atoms with Gasteiger partial charge in [-0.15, -0.1) is 11.8 Å². The van der Waals surface area contributed by atoms with E-state index in [4.69, 9.17) is 14.6 Å². The summed E-state index contributed by atoms with van der Waals surface area (Å²) in [7, 11) is 0. The van der Waals surface area contributed by atoms with Crippen molar-refractivity contribution in [2.75, 3.05) is 44.4 Å². The summed E-state index contributed by atoms with van der Waals surface area (Å²) in [4.78, 5) is 40.1. The molecular formula is C23H33N3O6S. The van der Waals surface area contributed by atoms with Gasteiger partial charge in [0.15, 0.2) is 0 Å². The van der Waals surface area contributed by atoms with E-state index in [0.29, 0.717) is 24.8 Å². The number of esters is 1. The predicted molar refractivity (Wildman–Crippen MR) is 126 cm³/mol. The standard InChI is InChI=1S/C23H33N3O6S/c27-20(18-33-15-14-32-23(30)7-6-22(28)29)24-9-2-5-13-31-21-16-19(8-10-25-21)17-26-11-3-1-4-12-26/h2,5,8,10,16H,1,3-4,6-7,9,11-15,17-18H2,(H,24,27)(H,28,29). The van der Waals surface area contributed by atoms with Gasteiger partial charge >= 0.3 is 11.9 Å². The number of rotatable bonds is 15. The van der Waals surface area contributed by atoms with Crippen LogP contribution in [-0.4, -0.2) is 77.2 Å². The Kier molecular flexibility index (Phi) is 13.0. The SMILES string of the molecule is O=C(O)CCC(=O)OCCSCC(=O)NCC=CCOc1cc(CN2CCCCC2)ccn1. The van der Waals surface area contributed by atoms with E-state index < -0.39 is 11.9 Å². The first-order valence-electron chi connectivity index (χ1n) is 11.2. The number of likely N-dealkylation sites (tertiary alicyclic amines) is 1. The average molecular weight is 480 g/mol. The summed E-state index contributed by atoms with van der Waals surface area (Å²) >= 11 is 1.34. The molecule has 0 spiro atoms. The molecule has 0 saturated carbocycles. The lowest BCUT2D eigenvalue weighted by Gasteiger charge is -2.26. The van der Waals surface area contributed by atoms with E-state index in [9.17, 15) is 14.4 Å². The Morgan fingerprint density at radius 2 is 2.00 bits per heavy atom. The lowest BCUT2D eigenvalue weighted by Crippen LogP contribution is -2.29. The quantitative estimate of drug-likeness (QED) is 0.222. The molecule has 1 aliphatic rings. The van der Waals surface area contributed by atoms with Gasteiger partial charge in [-0.2, -0.15) is 0 Å². The third kappa shape index (κ3) is 12.9. The summed E-state index contributed by atoms with van der Waals surface area (Å²) in [5, 5.41) is 11.3. The second kappa shape index (κ2) is 16.1. The molecule has 1 aromatic heterocycles. The number of aliphatic carboxylic acids is 1. The molecule has 0 atom stereocenters. The number of nitrogens with one attached hydrogen (secondary N) is 1. The van der Waals surface area contributed by atoms with Gasteiger partial charge in [0, 0.05) is 31.1 Å². The molecule has 10 heteroatoms. The van der Waals surface area contributed by atoms with Gasteiger partial charge in [0.25, 0.3) is 0 Å². The number of carbonyl (C=O) groups is 3. The minimum Gasteiger partial charge on any atom is -0.481 e. The number of thioether (sulfide) groups is 1. The Morgan fingerprint density at radius 1 is 1.18 bits per heavy atom. The maximum atomic E-state index is 11.8. The number of piperidine rings is 1. The normalized spacial score (nSPS) is 14.2. The van der Waals surface area contributed by atoms with Crippen molar-refractivity contribution in [2.45, 2.75) is 38.6 Å². The molecule has 0 aromatic carbocycles. The Morgan fingerprint density at radius 3 is 2.79 bits per heavy atom. The van der Waals surface area contributed by atoms with E-state index >= 15 is 0 Å². The zero-order valence-electron chi connectivity index (χ0n) is 18.9. The molecule has 9 nitrogen and oxygen atoms in total. The van der Waals surface area contributed by atoms with Gasteiger partial charge in [-0.1, -0.05) is 12.5 Å². The highest BCUT2D eigenvalue weighted by Crippen LogP contribution is 2.15. The molecule has 182 valence electrons. The monoisotopic (exact) mass is 479 g/mol. The zero-order valence-corrected chi connectivity index (χ0v) is 19.7. The number of hydrogen-bond acceptors (Lipinski definition) is 8. The van der Waals surface area contributed by atoms with Crippen molar-refractivity contribution >= 4 is 29.6 Å². The van der Waals surface area contributed by atoms with Crippen molar-refractivity contribution in [3.63, 3.8) is 0 Å². The highest BCUT2D eigenvalue weighted by molar-refractivity contribution is 7.99. The molecule has 1 aliphatic heterocycles. The van der Waals surface area contributed by atoms with E-state index in [1.54, 1.807) is 6.20 Å². The van der Waals surface area contributed by atoms with Crippen LogP contribution in [-0.2, 0) is 25.7 Å². The van der Waals surface area contributed by atoms with Gasteiger partial charge in [0.1, 0.15) is 13.2 Å². The minimum absolute atomic E-state index is 0.116. The summed E-state index contributed by atoms with van der Waals surface area (Å²) in [6, 6.07) is 4.00. The van der Waals surface area contributed by atoms with Gasteiger partial charge in [-0.3, -0.25) is 19.3 Å². The molecule has 0 radical (unpaired) electrons. The molecule has 1 amide bonds. The first-order valence-corrected chi connectivity index (χ1v) is 12.4. The third-order valence-electron chi connectivity index (χ3n) is 4.83. The van der Waals surface area contributed by atoms with Crippen LogP contribution in [0, 0.1) is 0 Å². The van der Waals surface area contributed by atoms with E-state index in [1.807, 2.05) is 24.3 Å². The van der Waals surface area contributed by atoms with E-state index in [0.717, 1.165) is 19.6 Å². The number of carbonyl (C=O) groups excluding carboxylic acids is 2. The Balaban J connectivity index is 1.50. The van der Waals surface area contributed by atoms with Crippen molar-refractivity contribution in [3.8, 4) is 5.88 Å². The summed E-state index contributed by atoms with van der Waals surface area (Å²) in [6.07, 6.45) is 8.90. The number of ether oxygens (including phenoxy) is 2. The highest BCUT2D eigenvalue weighted by Gasteiger charge is 2.11. The fraction of sp³-hybridized carbons (Fsp3) is 0.565. The van der Waals surface area contributed by atoms with Crippen molar-refractivity contribution in [3.05, 3.63) is 36.0 Å². The van der Waals surface area contributed by atoms with Crippen LogP contribution < -0.4 is 10.1 Å². The second-order valence-electron chi connectivity index (χ2n) is 7.59. The van der Waals surface area contributed by atoms with Crippen LogP contribution >= 0.6 is 11.8 Å². The van der Waals surface area contributed by atoms with Crippen molar-refractivity contribution in [2.24, 2.45) is 0 Å². The lowest BCUT2D eigenvalue weighted by molar-refractivity contribution is -0.147. The average Bonchev–Trinajstić information content (AvgIpc) is 2.80. The smallest absolute Gasteiger partial charge is 0.306 e. The Hall–Kier alpha value is -2.59. The van der Waals surface area contributed by atoms with E-state index in [-0.39, 0.29) is 31.1 Å². The van der Waals surface area contributed by atoms with E-state index in [2.05, 4.69) is 15.2 Å². The van der Waals surface area contributed by atoms with Gasteiger partial charge in [-0.25, -0.2) is 4.98 Å². The predicted octanol–water partition coefficient (Wildman–Crippen LogP) is 2.26. The molecule has 2 rings (SSSR count). The first-order chi connectivity index (χ1) is 16.0. The van der Waals surface area contributed by atoms with Crippen molar-refractivity contribution in [1.29, 1.82) is 0 Å². The van der Waals surface area contributed by atoms with Gasteiger partial charge < -0.3 is 19.9 Å². The number of amides is 1. The maximum Gasteiger partial charge on any atom is 0.306 e. The molecule has 2 heterocycles. The molecule has 0 bridgehead atoms. The number of pyridine rings is 1. The highest BCUT2D eigenvalue weighted by atomic mass is 32.2. The molecule has 33 heavy (non-hydrogen) atoms.